The molecule has 5 nitrogen and oxygen atoms in total. The van der Waals surface area contributed by atoms with Gasteiger partial charge in [0.25, 0.3) is 0 Å². The Bertz CT molecular complexity index is 676. The van der Waals surface area contributed by atoms with Gasteiger partial charge in [0.15, 0.2) is 0 Å². The van der Waals surface area contributed by atoms with Crippen LogP contribution in [0.3, 0.4) is 0 Å². The Labute approximate surface area is 180 Å². The summed E-state index contributed by atoms with van der Waals surface area (Å²) in [6.45, 7) is 6.97. The molecule has 0 aliphatic rings. The van der Waals surface area contributed by atoms with Gasteiger partial charge in [0, 0.05) is 13.1 Å². The molecule has 1 N–H and O–H groups in total. The largest absolute Gasteiger partial charge is 1.00 e. The number of carboxylic acid groups (broad SMARTS) is 1. The van der Waals surface area contributed by atoms with E-state index >= 15 is 0 Å². The van der Waals surface area contributed by atoms with Crippen molar-refractivity contribution in [1.29, 1.82) is 0 Å². The van der Waals surface area contributed by atoms with Crippen LogP contribution in [0.5, 0.6) is 0 Å². The number of alkyl halides is 3. The first-order valence-corrected chi connectivity index (χ1v) is 6.45. The number of halogens is 3. The number of hydrogen-bond acceptors (Lipinski definition) is 4. The van der Waals surface area contributed by atoms with Crippen molar-refractivity contribution in [2.75, 3.05) is 12.4 Å². The summed E-state index contributed by atoms with van der Waals surface area (Å²) in [5.41, 5.74) is -1.21. The van der Waals surface area contributed by atoms with Gasteiger partial charge in [-0.15, -0.1) is 0 Å². The maximum Gasteiger partial charge on any atom is 1.00 e. The monoisotopic (exact) mass is 365 g/mol. The van der Waals surface area contributed by atoms with Gasteiger partial charge in [-0.1, -0.05) is 31.4 Å². The average Bonchev–Trinajstić information content (AvgIpc) is 2.89. The van der Waals surface area contributed by atoms with Crippen LogP contribution in [0.2, 0.25) is 0 Å². The molecular weight excluding hydrogens is 350 g/mol. The molecule has 0 saturated carbocycles. The average molecular weight is 365 g/mol. The number of nitrogens with one attached hydrogen (secondary N) is 1. The van der Waals surface area contributed by atoms with Crippen molar-refractivity contribution in [3.05, 3.63) is 54.8 Å². The molecule has 1 aromatic rings. The van der Waals surface area contributed by atoms with Crippen molar-refractivity contribution in [2.45, 2.75) is 12.6 Å². The molecule has 0 spiro atoms. The molecule has 124 valence electrons. The minimum absolute atomic E-state index is 0. The van der Waals surface area contributed by atoms with Crippen LogP contribution in [-0.4, -0.2) is 29.0 Å². The summed E-state index contributed by atoms with van der Waals surface area (Å²) in [6, 6.07) is 0.961. The smallest absolute Gasteiger partial charge is 0.543 e. The molecule has 1 heterocycles. The number of nitrogens with zero attached hydrogens (tertiary/aromatic N) is 2. The summed E-state index contributed by atoms with van der Waals surface area (Å²) in [4.78, 5) is 10.8. The quantitative estimate of drug-likeness (QED) is 0.517. The Kier molecular flexibility index (Phi) is 9.52. The van der Waals surface area contributed by atoms with E-state index in [1.165, 1.54) is 25.3 Å². The van der Waals surface area contributed by atoms with Crippen molar-refractivity contribution in [2.24, 2.45) is 0 Å². The van der Waals surface area contributed by atoms with Gasteiger partial charge in [0.2, 0.25) is 0 Å². The van der Waals surface area contributed by atoms with Gasteiger partial charge in [0.1, 0.15) is 17.2 Å². The van der Waals surface area contributed by atoms with Crippen LogP contribution in [0, 0.1) is 0 Å². The molecule has 0 unspecified atom stereocenters. The minimum Gasteiger partial charge on any atom is -0.543 e. The maximum absolute atomic E-state index is 13.3. The summed E-state index contributed by atoms with van der Waals surface area (Å²) in [6.07, 6.45) is 0.436. The van der Waals surface area contributed by atoms with E-state index in [0.29, 0.717) is 10.3 Å². The van der Waals surface area contributed by atoms with Crippen molar-refractivity contribution >= 4 is 17.5 Å². The molecule has 9 heteroatoms. The first kappa shape index (κ1) is 22.9. The molecule has 0 bridgehead atoms. The number of rotatable bonds is 7. The standard InChI is InChI=1S/C15H16F3N3O2.K/c1-4-6-10(5-2)7-8-12(15(16,17)18)21-13(19-3)9-11(20-21)14(22)23;/h4-6,8-9,19H,1-2,7H2,3H3,(H,22,23);/q;+1/p-1/b10-6+,12-8-;. The molecular formula is C15H15F3KN3O2. The van der Waals surface area contributed by atoms with Crippen molar-refractivity contribution in [3.63, 3.8) is 0 Å². The molecule has 0 aliphatic heterocycles. The minimum atomic E-state index is -4.73. The fourth-order valence-corrected chi connectivity index (χ4v) is 1.75. The van der Waals surface area contributed by atoms with Crippen LogP contribution in [0.4, 0.5) is 19.0 Å². The molecule has 0 saturated heterocycles. The third-order valence-electron chi connectivity index (χ3n) is 2.82. The van der Waals surface area contributed by atoms with E-state index in [9.17, 15) is 23.1 Å². The number of aromatic carboxylic acids is 1. The Morgan fingerprint density at radius 3 is 2.50 bits per heavy atom. The third kappa shape index (κ3) is 6.06. The van der Waals surface area contributed by atoms with Gasteiger partial charge >= 0.3 is 57.6 Å². The van der Waals surface area contributed by atoms with E-state index in [4.69, 9.17) is 0 Å². The zero-order valence-corrected chi connectivity index (χ0v) is 16.5. The molecule has 0 amide bonds. The number of allylic oxidation sites excluding steroid dienone is 6. The fourth-order valence-electron chi connectivity index (χ4n) is 1.75. The van der Waals surface area contributed by atoms with Crippen LogP contribution in [0.15, 0.2) is 49.1 Å². The second-order valence-electron chi connectivity index (χ2n) is 4.34. The Balaban J connectivity index is 0.00000529. The van der Waals surface area contributed by atoms with Gasteiger partial charge in [-0.25, -0.2) is 4.68 Å². The fraction of sp³-hybridized carbons (Fsp3) is 0.200. The van der Waals surface area contributed by atoms with Crippen LogP contribution in [-0.2, 0) is 0 Å². The molecule has 24 heavy (non-hydrogen) atoms. The number of aromatic nitrogens is 2. The predicted molar refractivity (Wildman–Crippen MR) is 79.5 cm³/mol. The number of anilines is 1. The summed E-state index contributed by atoms with van der Waals surface area (Å²) in [5.74, 6) is -1.79. The van der Waals surface area contributed by atoms with Crippen molar-refractivity contribution in [1.82, 2.24) is 9.78 Å². The van der Waals surface area contributed by atoms with E-state index < -0.39 is 23.5 Å². The van der Waals surface area contributed by atoms with Gasteiger partial charge in [0.05, 0.1) is 5.97 Å². The van der Waals surface area contributed by atoms with Crippen molar-refractivity contribution < 1.29 is 74.5 Å². The Hall–Kier alpha value is -1.13. The Morgan fingerprint density at radius 1 is 1.46 bits per heavy atom. The van der Waals surface area contributed by atoms with Crippen LogP contribution >= 0.6 is 0 Å². The number of carbonyl (C=O) groups excluding carboxylic acids is 1. The first-order valence-electron chi connectivity index (χ1n) is 6.45. The second kappa shape index (κ2) is 9.99. The predicted octanol–water partition coefficient (Wildman–Crippen LogP) is -0.616. The second-order valence-corrected chi connectivity index (χ2v) is 4.34. The van der Waals surface area contributed by atoms with E-state index in [1.54, 1.807) is 0 Å². The molecule has 0 fully saturated rings. The molecule has 0 atom stereocenters. The molecule has 0 radical (unpaired) electrons. The topological polar surface area (TPSA) is 70.0 Å². The summed E-state index contributed by atoms with van der Waals surface area (Å²) >= 11 is 0. The maximum atomic E-state index is 13.3. The summed E-state index contributed by atoms with van der Waals surface area (Å²) in [5, 5.41) is 16.7. The van der Waals surface area contributed by atoms with Crippen LogP contribution < -0.4 is 61.8 Å². The van der Waals surface area contributed by atoms with Crippen LogP contribution in [0.25, 0.3) is 5.70 Å². The van der Waals surface area contributed by atoms with Gasteiger partial charge in [-0.2, -0.15) is 18.3 Å². The van der Waals surface area contributed by atoms with Gasteiger partial charge in [-0.05, 0) is 18.1 Å². The van der Waals surface area contributed by atoms with E-state index in [2.05, 4.69) is 23.6 Å². The molecule has 1 rings (SSSR count). The van der Waals surface area contributed by atoms with E-state index in [-0.39, 0.29) is 63.6 Å². The molecule has 0 aliphatic carbocycles. The summed E-state index contributed by atoms with van der Waals surface area (Å²) < 4.78 is 40.3. The van der Waals surface area contributed by atoms with Gasteiger partial charge < -0.3 is 15.2 Å². The Morgan fingerprint density at radius 2 is 2.08 bits per heavy atom. The number of hydrogen-bond donors (Lipinski definition) is 1. The van der Waals surface area contributed by atoms with Crippen LogP contribution in [0.1, 0.15) is 16.9 Å². The number of carbonyl (C=O) groups is 1. The number of carboxylic acids is 1. The third-order valence-corrected chi connectivity index (χ3v) is 2.82. The zero-order valence-electron chi connectivity index (χ0n) is 13.4. The van der Waals surface area contributed by atoms with E-state index in [1.807, 2.05) is 0 Å². The normalized spacial score (nSPS) is 12.3. The molecule has 1 aromatic heterocycles. The van der Waals surface area contributed by atoms with Crippen molar-refractivity contribution in [3.8, 4) is 0 Å². The summed E-state index contributed by atoms with van der Waals surface area (Å²) in [7, 11) is 1.35. The SMILES string of the molecule is C=C/C=C(\C=C)C/C=C(\n1nc(C(=O)[O-])cc1NC)C(F)(F)F.[K+]. The van der Waals surface area contributed by atoms with E-state index in [0.717, 1.165) is 12.1 Å². The zero-order chi connectivity index (χ0) is 17.6. The van der Waals surface area contributed by atoms with Gasteiger partial charge in [-0.3, -0.25) is 0 Å². The molecule has 0 aromatic carbocycles. The first-order chi connectivity index (χ1) is 10.7.